The van der Waals surface area contributed by atoms with E-state index in [2.05, 4.69) is 21.2 Å². The molecule has 1 atom stereocenters. The van der Waals surface area contributed by atoms with Crippen LogP contribution in [-0.2, 0) is 4.79 Å². The maximum Gasteiger partial charge on any atom is 0.225 e. The van der Waals surface area contributed by atoms with Gasteiger partial charge in [-0.3, -0.25) is 4.79 Å². The first-order chi connectivity index (χ1) is 5.91. The highest BCUT2D eigenvalue weighted by Crippen LogP contribution is 2.36. The normalized spacial score (nSPS) is 19.7. The largest absolute Gasteiger partial charge is 0.355 e. The van der Waals surface area contributed by atoms with E-state index in [0.717, 1.165) is 12.5 Å². The third-order valence-electron chi connectivity index (χ3n) is 2.27. The van der Waals surface area contributed by atoms with Gasteiger partial charge in [0, 0.05) is 16.8 Å². The number of hydrogen-bond donors (Lipinski definition) is 1. The number of rotatable bonds is 3. The van der Waals surface area contributed by atoms with Crippen molar-refractivity contribution in [2.24, 2.45) is 11.3 Å². The number of halogens is 1. The van der Waals surface area contributed by atoms with Gasteiger partial charge in [-0.2, -0.15) is 0 Å². The maximum absolute atomic E-state index is 11.5. The maximum atomic E-state index is 11.5. The lowest BCUT2D eigenvalue weighted by molar-refractivity contribution is -0.128. The predicted molar refractivity (Wildman–Crippen MR) is 57.9 cm³/mol. The van der Waals surface area contributed by atoms with Gasteiger partial charge in [0.05, 0.1) is 0 Å². The third kappa shape index (κ3) is 3.67. The van der Waals surface area contributed by atoms with Crippen molar-refractivity contribution in [2.75, 3.05) is 6.54 Å². The molecule has 0 aromatic rings. The molecule has 1 N–H and O–H groups in total. The lowest BCUT2D eigenvalue weighted by atomic mass is 9.96. The number of amides is 1. The van der Waals surface area contributed by atoms with Gasteiger partial charge in [-0.25, -0.2) is 0 Å². The average Bonchev–Trinajstić information content (AvgIpc) is 2.79. The van der Waals surface area contributed by atoms with Gasteiger partial charge in [-0.05, 0) is 18.8 Å². The molecule has 1 aliphatic rings. The first-order valence-corrected chi connectivity index (χ1v) is 5.75. The van der Waals surface area contributed by atoms with Crippen molar-refractivity contribution >= 4 is 21.8 Å². The van der Waals surface area contributed by atoms with Gasteiger partial charge in [0.1, 0.15) is 0 Å². The molecule has 1 saturated carbocycles. The molecule has 0 aliphatic heterocycles. The van der Waals surface area contributed by atoms with Crippen LogP contribution in [0.4, 0.5) is 0 Å². The van der Waals surface area contributed by atoms with Crippen molar-refractivity contribution in [1.82, 2.24) is 5.32 Å². The Hall–Kier alpha value is -0.0500. The van der Waals surface area contributed by atoms with Crippen LogP contribution in [0.2, 0.25) is 0 Å². The van der Waals surface area contributed by atoms with Crippen molar-refractivity contribution in [3.63, 3.8) is 0 Å². The van der Waals surface area contributed by atoms with Crippen molar-refractivity contribution in [3.05, 3.63) is 0 Å². The van der Waals surface area contributed by atoms with E-state index in [0.29, 0.717) is 4.83 Å². The summed E-state index contributed by atoms with van der Waals surface area (Å²) in [5.74, 6) is 0.929. The summed E-state index contributed by atoms with van der Waals surface area (Å²) < 4.78 is 0. The standard InChI is InChI=1S/C10H18BrNO/c1-10(2,3)9(13)12-6-8(11)7-4-5-7/h7-8H,4-6H2,1-3H3,(H,12,13). The van der Waals surface area contributed by atoms with Crippen LogP contribution >= 0.6 is 15.9 Å². The van der Waals surface area contributed by atoms with Crippen LogP contribution in [0.25, 0.3) is 0 Å². The van der Waals surface area contributed by atoms with E-state index < -0.39 is 0 Å². The predicted octanol–water partition coefficient (Wildman–Crippen LogP) is 2.32. The van der Waals surface area contributed by atoms with Gasteiger partial charge >= 0.3 is 0 Å². The van der Waals surface area contributed by atoms with Crippen LogP contribution in [0.5, 0.6) is 0 Å². The zero-order valence-electron chi connectivity index (χ0n) is 8.56. The van der Waals surface area contributed by atoms with E-state index in [9.17, 15) is 4.79 Å². The molecular weight excluding hydrogens is 230 g/mol. The lowest BCUT2D eigenvalue weighted by Gasteiger charge is -2.19. The molecule has 1 amide bonds. The summed E-state index contributed by atoms with van der Waals surface area (Å²) in [5.41, 5.74) is -0.268. The Balaban J connectivity index is 2.21. The first-order valence-electron chi connectivity index (χ1n) is 4.83. The van der Waals surface area contributed by atoms with Crippen LogP contribution in [0.1, 0.15) is 33.6 Å². The molecule has 1 fully saturated rings. The Morgan fingerprint density at radius 3 is 2.46 bits per heavy atom. The summed E-state index contributed by atoms with van der Waals surface area (Å²) in [5, 5.41) is 2.96. The number of carbonyl (C=O) groups is 1. The van der Waals surface area contributed by atoms with Gasteiger partial charge < -0.3 is 5.32 Å². The molecule has 2 nitrogen and oxygen atoms in total. The van der Waals surface area contributed by atoms with Gasteiger partial charge in [-0.15, -0.1) is 0 Å². The molecular formula is C10H18BrNO. The Labute approximate surface area is 88.6 Å². The molecule has 0 spiro atoms. The number of hydrogen-bond acceptors (Lipinski definition) is 1. The van der Waals surface area contributed by atoms with Gasteiger partial charge in [0.25, 0.3) is 0 Å². The van der Waals surface area contributed by atoms with Gasteiger partial charge in [0.2, 0.25) is 5.91 Å². The summed E-state index contributed by atoms with van der Waals surface area (Å²) in [6.45, 7) is 6.56. The van der Waals surface area contributed by atoms with Gasteiger partial charge in [0.15, 0.2) is 0 Å². The fourth-order valence-corrected chi connectivity index (χ4v) is 1.77. The SMILES string of the molecule is CC(C)(C)C(=O)NCC(Br)C1CC1. The molecule has 3 heteroatoms. The second kappa shape index (κ2) is 3.99. The fourth-order valence-electron chi connectivity index (χ4n) is 1.08. The van der Waals surface area contributed by atoms with E-state index >= 15 is 0 Å². The Kier molecular flexibility index (Phi) is 3.38. The average molecular weight is 248 g/mol. The minimum absolute atomic E-state index is 0.137. The molecule has 0 aromatic heterocycles. The Bertz CT molecular complexity index is 194. The van der Waals surface area contributed by atoms with Crippen LogP contribution in [-0.4, -0.2) is 17.3 Å². The molecule has 13 heavy (non-hydrogen) atoms. The molecule has 1 rings (SSSR count). The van der Waals surface area contributed by atoms with Crippen LogP contribution in [0.15, 0.2) is 0 Å². The fraction of sp³-hybridized carbons (Fsp3) is 0.900. The van der Waals surface area contributed by atoms with Crippen molar-refractivity contribution in [3.8, 4) is 0 Å². The number of carbonyl (C=O) groups excluding carboxylic acids is 1. The number of alkyl halides is 1. The second-order valence-corrected chi connectivity index (χ2v) is 5.99. The van der Waals surface area contributed by atoms with Crippen molar-refractivity contribution in [2.45, 2.75) is 38.4 Å². The molecule has 0 radical (unpaired) electrons. The van der Waals surface area contributed by atoms with Crippen LogP contribution < -0.4 is 5.32 Å². The van der Waals surface area contributed by atoms with Gasteiger partial charge in [-0.1, -0.05) is 36.7 Å². The highest BCUT2D eigenvalue weighted by atomic mass is 79.9. The molecule has 0 heterocycles. The number of nitrogens with one attached hydrogen (secondary N) is 1. The summed E-state index contributed by atoms with van der Waals surface area (Å²) in [6, 6.07) is 0. The Morgan fingerprint density at radius 1 is 1.54 bits per heavy atom. The monoisotopic (exact) mass is 247 g/mol. The molecule has 76 valence electrons. The van der Waals surface area contributed by atoms with E-state index in [4.69, 9.17) is 0 Å². The summed E-state index contributed by atoms with van der Waals surface area (Å²) in [6.07, 6.45) is 2.61. The molecule has 1 aliphatic carbocycles. The zero-order valence-corrected chi connectivity index (χ0v) is 10.1. The third-order valence-corrected chi connectivity index (χ3v) is 3.34. The quantitative estimate of drug-likeness (QED) is 0.763. The van der Waals surface area contributed by atoms with Crippen LogP contribution in [0, 0.1) is 11.3 Å². The highest BCUT2D eigenvalue weighted by Gasteiger charge is 2.30. The second-order valence-electron chi connectivity index (χ2n) is 4.81. The minimum atomic E-state index is -0.268. The topological polar surface area (TPSA) is 29.1 Å². The summed E-state index contributed by atoms with van der Waals surface area (Å²) >= 11 is 3.59. The van der Waals surface area contributed by atoms with Crippen molar-refractivity contribution in [1.29, 1.82) is 0 Å². The molecule has 0 bridgehead atoms. The van der Waals surface area contributed by atoms with E-state index in [1.807, 2.05) is 20.8 Å². The van der Waals surface area contributed by atoms with Crippen molar-refractivity contribution < 1.29 is 4.79 Å². The van der Waals surface area contributed by atoms with Crippen LogP contribution in [0.3, 0.4) is 0 Å². The minimum Gasteiger partial charge on any atom is -0.355 e. The summed E-state index contributed by atoms with van der Waals surface area (Å²) in [7, 11) is 0. The summed E-state index contributed by atoms with van der Waals surface area (Å²) in [4.78, 5) is 12.0. The zero-order chi connectivity index (χ0) is 10.1. The molecule has 0 saturated heterocycles. The molecule has 1 unspecified atom stereocenters. The lowest BCUT2D eigenvalue weighted by Crippen LogP contribution is -2.38. The smallest absolute Gasteiger partial charge is 0.225 e. The van der Waals surface area contributed by atoms with E-state index in [-0.39, 0.29) is 11.3 Å². The highest BCUT2D eigenvalue weighted by molar-refractivity contribution is 9.09. The molecule has 0 aromatic carbocycles. The first kappa shape index (κ1) is 11.0. The Morgan fingerprint density at radius 2 is 2.08 bits per heavy atom. The van der Waals surface area contributed by atoms with E-state index in [1.54, 1.807) is 0 Å². The van der Waals surface area contributed by atoms with E-state index in [1.165, 1.54) is 12.8 Å².